The van der Waals surface area contributed by atoms with Crippen LogP contribution in [0, 0.1) is 0 Å². The molecule has 17 heavy (non-hydrogen) atoms. The zero-order valence-corrected chi connectivity index (χ0v) is 10.9. The molecule has 0 N–H and O–H groups in total. The number of benzene rings is 1. The Morgan fingerprint density at radius 1 is 1.06 bits per heavy atom. The first-order valence-corrected chi connectivity index (χ1v) is 7.81. The van der Waals surface area contributed by atoms with E-state index in [0.29, 0.717) is 28.6 Å². The fraction of sp³-hybridized carbons (Fsp3) is 0.385. The van der Waals surface area contributed by atoms with Crippen LogP contribution in [0.15, 0.2) is 24.3 Å². The highest BCUT2D eigenvalue weighted by atomic mass is 32.2. The molecule has 0 aliphatic carbocycles. The molecule has 2 amide bonds. The largest absolute Gasteiger partial charge is 0.274 e. The third kappa shape index (κ3) is 2.36. The molecule has 0 spiro atoms. The summed E-state index contributed by atoms with van der Waals surface area (Å²) < 4.78 is 0. The molecule has 2 rings (SSSR count). The number of amides is 2. The Morgan fingerprint density at radius 2 is 1.59 bits per heavy atom. The molecule has 1 aliphatic heterocycles. The molecule has 0 saturated heterocycles. The number of carbonyl (C=O) groups excluding carboxylic acids is 2. The zero-order chi connectivity index (χ0) is 12.4. The summed E-state index contributed by atoms with van der Waals surface area (Å²) >= 11 is 0. The minimum Gasteiger partial charge on any atom is -0.274 e. The number of rotatable bonds is 4. The standard InChI is InChI=1S/C13H16NO2S/c1-17(2)9-5-8-14-12(15)10-6-3-4-7-11(10)13(14)16/h3-4,6-7H,5,8-9H2,1-2H3/q+1. The first-order valence-electron chi connectivity index (χ1n) is 5.60. The molecule has 0 aromatic heterocycles. The van der Waals surface area contributed by atoms with E-state index in [0.717, 1.165) is 12.2 Å². The summed E-state index contributed by atoms with van der Waals surface area (Å²) in [5, 5.41) is 0. The lowest BCUT2D eigenvalue weighted by molar-refractivity contribution is 0.0655. The molecule has 1 aliphatic rings. The molecule has 1 heterocycles. The van der Waals surface area contributed by atoms with Crippen LogP contribution in [0.4, 0.5) is 0 Å². The summed E-state index contributed by atoms with van der Waals surface area (Å²) in [7, 11) is 0.362. The Labute approximate surface area is 104 Å². The SMILES string of the molecule is C[S+](C)CCCN1C(=O)c2ccccc2C1=O. The quantitative estimate of drug-likeness (QED) is 0.600. The molecule has 1 aromatic rings. The molecule has 0 unspecified atom stereocenters. The van der Waals surface area contributed by atoms with Gasteiger partial charge in [-0.15, -0.1) is 0 Å². The van der Waals surface area contributed by atoms with Crippen LogP contribution in [0.5, 0.6) is 0 Å². The molecule has 0 atom stereocenters. The topological polar surface area (TPSA) is 37.4 Å². The van der Waals surface area contributed by atoms with Gasteiger partial charge in [0.05, 0.1) is 23.6 Å². The minimum absolute atomic E-state index is 0.141. The third-order valence-corrected chi connectivity index (χ3v) is 3.92. The average molecular weight is 250 g/mol. The predicted octanol–water partition coefficient (Wildman–Crippen LogP) is 1.55. The van der Waals surface area contributed by atoms with Crippen LogP contribution in [0.2, 0.25) is 0 Å². The second-order valence-electron chi connectivity index (χ2n) is 4.35. The maximum atomic E-state index is 12.0. The third-order valence-electron chi connectivity index (χ3n) is 2.81. The van der Waals surface area contributed by atoms with Gasteiger partial charge in [0, 0.05) is 13.0 Å². The Morgan fingerprint density at radius 3 is 2.06 bits per heavy atom. The molecule has 0 fully saturated rings. The first-order chi connectivity index (χ1) is 8.11. The van der Waals surface area contributed by atoms with Crippen LogP contribution in [0.3, 0.4) is 0 Å². The molecule has 90 valence electrons. The van der Waals surface area contributed by atoms with E-state index in [-0.39, 0.29) is 11.8 Å². The Hall–Kier alpha value is -1.29. The Bertz CT molecular complexity index is 421. The predicted molar refractivity (Wildman–Crippen MR) is 70.5 cm³/mol. The van der Waals surface area contributed by atoms with E-state index in [4.69, 9.17) is 0 Å². The summed E-state index contributed by atoms with van der Waals surface area (Å²) in [6.45, 7) is 0.539. The van der Waals surface area contributed by atoms with Gasteiger partial charge in [-0.3, -0.25) is 14.5 Å². The van der Waals surface area contributed by atoms with Crippen LogP contribution in [0.25, 0.3) is 0 Å². The lowest BCUT2D eigenvalue weighted by Crippen LogP contribution is -2.31. The molecule has 1 aromatic carbocycles. The Balaban J connectivity index is 2.08. The van der Waals surface area contributed by atoms with Crippen molar-refractivity contribution in [2.45, 2.75) is 6.42 Å². The van der Waals surface area contributed by atoms with Crippen LogP contribution in [-0.2, 0) is 10.9 Å². The number of nitrogens with zero attached hydrogens (tertiary/aromatic N) is 1. The fourth-order valence-electron chi connectivity index (χ4n) is 1.95. The Kier molecular flexibility index (Phi) is 3.52. The van der Waals surface area contributed by atoms with Crippen molar-refractivity contribution in [1.29, 1.82) is 0 Å². The number of imide groups is 1. The summed E-state index contributed by atoms with van der Waals surface area (Å²) in [6, 6.07) is 7.03. The van der Waals surface area contributed by atoms with E-state index >= 15 is 0 Å². The second kappa shape index (κ2) is 4.92. The maximum Gasteiger partial charge on any atom is 0.261 e. The van der Waals surface area contributed by atoms with Gasteiger partial charge in [0.1, 0.15) is 5.75 Å². The first kappa shape index (κ1) is 12.2. The van der Waals surface area contributed by atoms with Crippen molar-refractivity contribution in [3.05, 3.63) is 35.4 Å². The van der Waals surface area contributed by atoms with Gasteiger partial charge in [0.25, 0.3) is 11.8 Å². The number of hydrogen-bond donors (Lipinski definition) is 0. The van der Waals surface area contributed by atoms with E-state index in [1.807, 2.05) is 0 Å². The van der Waals surface area contributed by atoms with Gasteiger partial charge < -0.3 is 0 Å². The van der Waals surface area contributed by atoms with E-state index in [2.05, 4.69) is 12.5 Å². The minimum atomic E-state index is -0.141. The van der Waals surface area contributed by atoms with Gasteiger partial charge in [-0.05, 0) is 23.0 Å². The van der Waals surface area contributed by atoms with E-state index in [1.54, 1.807) is 24.3 Å². The lowest BCUT2D eigenvalue weighted by Gasteiger charge is -2.12. The van der Waals surface area contributed by atoms with Crippen LogP contribution >= 0.6 is 0 Å². The highest BCUT2D eigenvalue weighted by molar-refractivity contribution is 7.95. The van der Waals surface area contributed by atoms with Crippen molar-refractivity contribution in [1.82, 2.24) is 4.90 Å². The second-order valence-corrected chi connectivity index (χ2v) is 6.73. The van der Waals surface area contributed by atoms with Crippen molar-refractivity contribution in [2.24, 2.45) is 0 Å². The monoisotopic (exact) mass is 250 g/mol. The van der Waals surface area contributed by atoms with Crippen molar-refractivity contribution in [3.8, 4) is 0 Å². The van der Waals surface area contributed by atoms with Gasteiger partial charge in [-0.1, -0.05) is 12.1 Å². The van der Waals surface area contributed by atoms with Gasteiger partial charge in [-0.2, -0.15) is 0 Å². The van der Waals surface area contributed by atoms with Crippen LogP contribution in [0.1, 0.15) is 27.1 Å². The van der Waals surface area contributed by atoms with Crippen molar-refractivity contribution in [3.63, 3.8) is 0 Å². The van der Waals surface area contributed by atoms with Crippen molar-refractivity contribution < 1.29 is 9.59 Å². The van der Waals surface area contributed by atoms with Crippen molar-refractivity contribution in [2.75, 3.05) is 24.8 Å². The molecule has 3 nitrogen and oxygen atoms in total. The van der Waals surface area contributed by atoms with E-state index in [1.165, 1.54) is 4.90 Å². The number of carbonyl (C=O) groups is 2. The number of hydrogen-bond acceptors (Lipinski definition) is 2. The molecular weight excluding hydrogens is 234 g/mol. The van der Waals surface area contributed by atoms with E-state index < -0.39 is 0 Å². The van der Waals surface area contributed by atoms with Gasteiger partial charge >= 0.3 is 0 Å². The normalized spacial score (nSPS) is 14.6. The molecule has 0 bridgehead atoms. The molecule has 0 saturated carbocycles. The van der Waals surface area contributed by atoms with Crippen molar-refractivity contribution >= 4 is 22.7 Å². The fourth-order valence-corrected chi connectivity index (χ4v) is 2.66. The smallest absolute Gasteiger partial charge is 0.261 e. The van der Waals surface area contributed by atoms with Crippen LogP contribution in [-0.4, -0.2) is 41.5 Å². The maximum absolute atomic E-state index is 12.0. The average Bonchev–Trinajstić information content (AvgIpc) is 2.54. The van der Waals surface area contributed by atoms with Gasteiger partial charge in [0.2, 0.25) is 0 Å². The van der Waals surface area contributed by atoms with E-state index in [9.17, 15) is 9.59 Å². The highest BCUT2D eigenvalue weighted by Crippen LogP contribution is 2.22. The summed E-state index contributed by atoms with van der Waals surface area (Å²) in [5.74, 6) is 0.781. The van der Waals surface area contributed by atoms with Crippen LogP contribution < -0.4 is 0 Å². The molecule has 4 heteroatoms. The zero-order valence-electron chi connectivity index (χ0n) is 10.1. The van der Waals surface area contributed by atoms with Gasteiger partial charge in [0.15, 0.2) is 0 Å². The van der Waals surface area contributed by atoms with Gasteiger partial charge in [-0.25, -0.2) is 0 Å². The lowest BCUT2D eigenvalue weighted by atomic mass is 10.1. The summed E-state index contributed by atoms with van der Waals surface area (Å²) in [6.07, 6.45) is 5.23. The summed E-state index contributed by atoms with van der Waals surface area (Å²) in [4.78, 5) is 25.4. The summed E-state index contributed by atoms with van der Waals surface area (Å²) in [5.41, 5.74) is 1.09. The number of fused-ring (bicyclic) bond motifs is 1. The highest BCUT2D eigenvalue weighted by Gasteiger charge is 2.34. The molecule has 0 radical (unpaired) electrons. The molecular formula is C13H16NO2S+.